The van der Waals surface area contributed by atoms with Crippen LogP contribution in [-0.4, -0.2) is 22.1 Å². The van der Waals surface area contributed by atoms with E-state index in [0.717, 1.165) is 29.8 Å². The Morgan fingerprint density at radius 3 is 2.64 bits per heavy atom. The highest BCUT2D eigenvalue weighted by molar-refractivity contribution is 5.89. The van der Waals surface area contributed by atoms with E-state index in [-0.39, 0.29) is 11.6 Å². The topological polar surface area (TPSA) is 76.0 Å². The number of aryl methyl sites for hydroxylation is 1. The van der Waals surface area contributed by atoms with Crippen molar-refractivity contribution in [1.82, 2.24) is 14.9 Å². The maximum atomic E-state index is 12.2. The zero-order valence-corrected chi connectivity index (χ0v) is 14.5. The molecule has 2 amide bonds. The molecule has 1 aliphatic rings. The number of nitrogens with one attached hydrogen (secondary N) is 2. The summed E-state index contributed by atoms with van der Waals surface area (Å²) >= 11 is 0. The summed E-state index contributed by atoms with van der Waals surface area (Å²) in [7, 11) is 0. The van der Waals surface area contributed by atoms with E-state index >= 15 is 0 Å². The number of nitrogens with zero attached hydrogens (tertiary/aromatic N) is 2. The molecule has 1 fully saturated rings. The van der Waals surface area contributed by atoms with Crippen LogP contribution in [0.4, 0.5) is 10.5 Å². The first-order valence-corrected chi connectivity index (χ1v) is 8.80. The fourth-order valence-corrected chi connectivity index (χ4v) is 3.15. The number of rotatable bonds is 5. The third kappa shape index (κ3) is 4.68. The summed E-state index contributed by atoms with van der Waals surface area (Å²) in [5.41, 5.74) is 2.73. The Morgan fingerprint density at radius 1 is 1.24 bits per heavy atom. The second kappa shape index (κ2) is 7.96. The third-order valence-corrected chi connectivity index (χ3v) is 4.62. The minimum atomic E-state index is -0.285. The summed E-state index contributed by atoms with van der Waals surface area (Å²) in [6.45, 7) is 2.76. The summed E-state index contributed by atoms with van der Waals surface area (Å²) in [5, 5.41) is 5.52. The average Bonchev–Trinajstić information content (AvgIpc) is 3.13. The quantitative estimate of drug-likeness (QED) is 0.878. The van der Waals surface area contributed by atoms with Gasteiger partial charge in [0.25, 0.3) is 5.56 Å². The molecule has 0 radical (unpaired) electrons. The summed E-state index contributed by atoms with van der Waals surface area (Å²) in [6.07, 6.45) is 6.27. The number of carbonyl (C=O) groups is 1. The van der Waals surface area contributed by atoms with Crippen molar-refractivity contribution in [1.29, 1.82) is 0 Å². The third-order valence-electron chi connectivity index (χ3n) is 4.62. The molecule has 0 aliphatic heterocycles. The molecule has 2 aromatic rings. The Bertz CT molecular complexity index is 777. The van der Waals surface area contributed by atoms with E-state index in [1.54, 1.807) is 12.4 Å². The minimum absolute atomic E-state index is 0.0577. The van der Waals surface area contributed by atoms with Crippen molar-refractivity contribution in [3.05, 3.63) is 58.3 Å². The Kier molecular flexibility index (Phi) is 5.48. The SMILES string of the molecule is Cc1ccc(NC(=O)NCCn2cnc(C3CCCC3)cc2=O)cc1. The average molecular weight is 340 g/mol. The highest BCUT2D eigenvalue weighted by Gasteiger charge is 2.18. The summed E-state index contributed by atoms with van der Waals surface area (Å²) in [4.78, 5) is 28.5. The van der Waals surface area contributed by atoms with Crippen LogP contribution in [-0.2, 0) is 6.54 Å². The van der Waals surface area contributed by atoms with Crippen LogP contribution >= 0.6 is 0 Å². The first kappa shape index (κ1) is 17.2. The molecule has 2 N–H and O–H groups in total. The van der Waals surface area contributed by atoms with Crippen LogP contribution in [0.2, 0.25) is 0 Å². The number of urea groups is 1. The number of benzene rings is 1. The van der Waals surface area contributed by atoms with Crippen molar-refractivity contribution in [2.24, 2.45) is 0 Å². The predicted molar refractivity (Wildman–Crippen MR) is 97.9 cm³/mol. The van der Waals surface area contributed by atoms with Crippen molar-refractivity contribution < 1.29 is 4.79 Å². The number of aromatic nitrogens is 2. The lowest BCUT2D eigenvalue weighted by Crippen LogP contribution is -2.33. The molecule has 1 aromatic heterocycles. The Balaban J connectivity index is 1.49. The van der Waals surface area contributed by atoms with Crippen molar-refractivity contribution >= 4 is 11.7 Å². The van der Waals surface area contributed by atoms with Gasteiger partial charge in [-0.1, -0.05) is 30.5 Å². The molecule has 1 heterocycles. The summed E-state index contributed by atoms with van der Waals surface area (Å²) in [5.74, 6) is 0.431. The van der Waals surface area contributed by atoms with Gasteiger partial charge in [-0.3, -0.25) is 9.36 Å². The maximum Gasteiger partial charge on any atom is 0.319 e. The van der Waals surface area contributed by atoms with Gasteiger partial charge in [0.05, 0.1) is 12.0 Å². The molecule has 25 heavy (non-hydrogen) atoms. The van der Waals surface area contributed by atoms with Gasteiger partial charge in [-0.2, -0.15) is 0 Å². The molecule has 1 aromatic carbocycles. The first-order valence-electron chi connectivity index (χ1n) is 8.80. The van der Waals surface area contributed by atoms with E-state index in [4.69, 9.17) is 0 Å². The molecule has 0 bridgehead atoms. The van der Waals surface area contributed by atoms with Crippen molar-refractivity contribution in [3.63, 3.8) is 0 Å². The molecule has 6 heteroatoms. The number of hydrogen-bond acceptors (Lipinski definition) is 3. The highest BCUT2D eigenvalue weighted by atomic mass is 16.2. The monoisotopic (exact) mass is 340 g/mol. The van der Waals surface area contributed by atoms with Crippen molar-refractivity contribution in [2.45, 2.75) is 45.1 Å². The zero-order valence-electron chi connectivity index (χ0n) is 14.5. The normalized spacial score (nSPS) is 14.4. The molecule has 3 rings (SSSR count). The number of carbonyl (C=O) groups excluding carboxylic acids is 1. The van der Waals surface area contributed by atoms with Gasteiger partial charge in [0.2, 0.25) is 0 Å². The van der Waals surface area contributed by atoms with Gasteiger partial charge in [0.1, 0.15) is 0 Å². The van der Waals surface area contributed by atoms with Crippen LogP contribution in [0.25, 0.3) is 0 Å². The van der Waals surface area contributed by atoms with Crippen molar-refractivity contribution in [3.8, 4) is 0 Å². The summed E-state index contributed by atoms with van der Waals surface area (Å²) < 4.78 is 1.53. The molecule has 0 unspecified atom stereocenters. The lowest BCUT2D eigenvalue weighted by molar-refractivity contribution is 0.251. The molecule has 0 atom stereocenters. The van der Waals surface area contributed by atoms with Crippen LogP contribution in [0.3, 0.4) is 0 Å². The van der Waals surface area contributed by atoms with Gasteiger partial charge in [-0.15, -0.1) is 0 Å². The zero-order chi connectivity index (χ0) is 17.6. The van der Waals surface area contributed by atoms with Gasteiger partial charge in [0.15, 0.2) is 0 Å². The predicted octanol–water partition coefficient (Wildman–Crippen LogP) is 3.03. The van der Waals surface area contributed by atoms with Gasteiger partial charge in [-0.05, 0) is 31.9 Å². The minimum Gasteiger partial charge on any atom is -0.336 e. The van der Waals surface area contributed by atoms with Crippen LogP contribution in [0.5, 0.6) is 0 Å². The largest absolute Gasteiger partial charge is 0.336 e. The lowest BCUT2D eigenvalue weighted by Gasteiger charge is -2.11. The molecule has 1 saturated carbocycles. The molecule has 0 saturated heterocycles. The maximum absolute atomic E-state index is 12.2. The fourth-order valence-electron chi connectivity index (χ4n) is 3.15. The highest BCUT2D eigenvalue weighted by Crippen LogP contribution is 2.32. The van der Waals surface area contributed by atoms with Gasteiger partial charge in [-0.25, -0.2) is 9.78 Å². The Morgan fingerprint density at radius 2 is 1.96 bits per heavy atom. The van der Waals surface area contributed by atoms with E-state index in [2.05, 4.69) is 15.6 Å². The van der Waals surface area contributed by atoms with E-state index in [1.165, 1.54) is 17.4 Å². The molecular formula is C19H24N4O2. The molecular weight excluding hydrogens is 316 g/mol. The van der Waals surface area contributed by atoms with Gasteiger partial charge >= 0.3 is 6.03 Å². The van der Waals surface area contributed by atoms with E-state index < -0.39 is 0 Å². The number of anilines is 1. The molecule has 6 nitrogen and oxygen atoms in total. The van der Waals surface area contributed by atoms with Crippen molar-refractivity contribution in [2.75, 3.05) is 11.9 Å². The van der Waals surface area contributed by atoms with Gasteiger partial charge < -0.3 is 10.6 Å². The second-order valence-corrected chi connectivity index (χ2v) is 6.57. The first-order chi connectivity index (χ1) is 12.1. The Labute approximate surface area is 147 Å². The number of hydrogen-bond donors (Lipinski definition) is 2. The van der Waals surface area contributed by atoms with Crippen LogP contribution in [0, 0.1) is 6.92 Å². The molecule has 132 valence electrons. The van der Waals surface area contributed by atoms with E-state index in [9.17, 15) is 9.59 Å². The summed E-state index contributed by atoms with van der Waals surface area (Å²) in [6, 6.07) is 8.94. The van der Waals surface area contributed by atoms with Gasteiger partial charge in [0, 0.05) is 30.8 Å². The number of amides is 2. The van der Waals surface area contributed by atoms with E-state index in [0.29, 0.717) is 19.0 Å². The lowest BCUT2D eigenvalue weighted by atomic mass is 10.0. The van der Waals surface area contributed by atoms with Crippen LogP contribution in [0.15, 0.2) is 41.5 Å². The van der Waals surface area contributed by atoms with E-state index in [1.807, 2.05) is 31.2 Å². The molecule has 1 aliphatic carbocycles. The second-order valence-electron chi connectivity index (χ2n) is 6.57. The molecule has 0 spiro atoms. The van der Waals surface area contributed by atoms with Crippen LogP contribution in [0.1, 0.15) is 42.9 Å². The Hall–Kier alpha value is -2.63. The standard InChI is InChI=1S/C19H24N4O2/c1-14-6-8-16(9-7-14)22-19(25)20-10-11-23-13-21-17(12-18(23)24)15-4-2-3-5-15/h6-9,12-13,15H,2-5,10-11H2,1H3,(H2,20,22,25). The van der Waals surface area contributed by atoms with Crippen LogP contribution < -0.4 is 16.2 Å². The fraction of sp³-hybridized carbons (Fsp3) is 0.421. The smallest absolute Gasteiger partial charge is 0.319 e.